The Bertz CT molecular complexity index is 274. The lowest BCUT2D eigenvalue weighted by Crippen LogP contribution is -2.36. The molecule has 13 heavy (non-hydrogen) atoms. The van der Waals surface area contributed by atoms with E-state index in [1.54, 1.807) is 12.4 Å². The van der Waals surface area contributed by atoms with Crippen LogP contribution >= 0.6 is 0 Å². The number of nitrogens with zero attached hydrogens (tertiary/aromatic N) is 3. The number of aromatic nitrogens is 2. The van der Waals surface area contributed by atoms with Gasteiger partial charge >= 0.3 is 0 Å². The lowest BCUT2D eigenvalue weighted by molar-refractivity contribution is 0.683. The van der Waals surface area contributed by atoms with E-state index in [1.165, 1.54) is 0 Å². The molecule has 0 saturated carbocycles. The third-order valence-corrected chi connectivity index (χ3v) is 2.19. The van der Waals surface area contributed by atoms with Gasteiger partial charge in [0.1, 0.15) is 5.82 Å². The molecule has 0 radical (unpaired) electrons. The molecular weight excluding hydrogens is 164 g/mol. The van der Waals surface area contributed by atoms with Gasteiger partial charge in [0.05, 0.1) is 5.69 Å². The van der Waals surface area contributed by atoms with Gasteiger partial charge in [-0.1, -0.05) is 0 Å². The molecule has 0 aliphatic rings. The molecule has 4 heteroatoms. The Labute approximate surface area is 78.8 Å². The Balaban J connectivity index is 2.88. The molecule has 1 atom stereocenters. The van der Waals surface area contributed by atoms with Gasteiger partial charge in [-0.05, 0) is 13.8 Å². The molecule has 1 heterocycles. The maximum Gasteiger partial charge on any atom is 0.150 e. The fraction of sp³-hybridized carbons (Fsp3) is 0.556. The molecule has 2 N–H and O–H groups in total. The summed E-state index contributed by atoms with van der Waals surface area (Å²) in [6, 6.07) is 0.287. The number of anilines is 1. The van der Waals surface area contributed by atoms with Crippen LogP contribution in [0, 0.1) is 6.92 Å². The van der Waals surface area contributed by atoms with Gasteiger partial charge in [-0.15, -0.1) is 0 Å². The average Bonchev–Trinajstić information content (AvgIpc) is 2.16. The minimum atomic E-state index is 0.287. The molecule has 0 fully saturated rings. The summed E-state index contributed by atoms with van der Waals surface area (Å²) >= 11 is 0. The van der Waals surface area contributed by atoms with Crippen LogP contribution in [0.3, 0.4) is 0 Å². The number of likely N-dealkylation sites (N-methyl/N-ethyl adjacent to an activating group) is 1. The number of nitrogens with two attached hydrogens (primary N) is 1. The van der Waals surface area contributed by atoms with Crippen LogP contribution in [0.25, 0.3) is 0 Å². The summed E-state index contributed by atoms with van der Waals surface area (Å²) in [6.07, 6.45) is 3.39. The normalized spacial score (nSPS) is 12.6. The van der Waals surface area contributed by atoms with Crippen molar-refractivity contribution in [3.8, 4) is 0 Å². The van der Waals surface area contributed by atoms with E-state index in [-0.39, 0.29) is 6.04 Å². The number of hydrogen-bond acceptors (Lipinski definition) is 4. The van der Waals surface area contributed by atoms with Crippen LogP contribution in [-0.4, -0.2) is 29.6 Å². The van der Waals surface area contributed by atoms with E-state index in [4.69, 9.17) is 5.73 Å². The van der Waals surface area contributed by atoms with Crippen LogP contribution in [0.15, 0.2) is 12.4 Å². The van der Waals surface area contributed by atoms with Crippen LogP contribution in [0.5, 0.6) is 0 Å². The molecular formula is C9H16N4. The third-order valence-electron chi connectivity index (χ3n) is 2.19. The van der Waals surface area contributed by atoms with Crippen molar-refractivity contribution in [3.05, 3.63) is 18.1 Å². The smallest absolute Gasteiger partial charge is 0.150 e. The highest BCUT2D eigenvalue weighted by molar-refractivity contribution is 5.42. The van der Waals surface area contributed by atoms with Crippen molar-refractivity contribution in [3.63, 3.8) is 0 Å². The molecule has 0 bridgehead atoms. The summed E-state index contributed by atoms with van der Waals surface area (Å²) in [5, 5.41) is 0. The van der Waals surface area contributed by atoms with Crippen molar-refractivity contribution in [2.45, 2.75) is 19.9 Å². The van der Waals surface area contributed by atoms with Gasteiger partial charge in [-0.25, -0.2) is 4.98 Å². The fourth-order valence-corrected chi connectivity index (χ4v) is 1.11. The molecule has 0 aromatic carbocycles. The highest BCUT2D eigenvalue weighted by Gasteiger charge is 2.11. The van der Waals surface area contributed by atoms with E-state index in [2.05, 4.69) is 16.9 Å². The predicted octanol–water partition coefficient (Wildman–Crippen LogP) is 0.568. The lowest BCUT2D eigenvalue weighted by atomic mass is 10.3. The summed E-state index contributed by atoms with van der Waals surface area (Å²) in [4.78, 5) is 10.5. The molecule has 0 spiro atoms. The van der Waals surface area contributed by atoms with Gasteiger partial charge in [0.25, 0.3) is 0 Å². The fourth-order valence-electron chi connectivity index (χ4n) is 1.11. The van der Waals surface area contributed by atoms with Gasteiger partial charge in [0.15, 0.2) is 0 Å². The Morgan fingerprint density at radius 2 is 2.08 bits per heavy atom. The van der Waals surface area contributed by atoms with Gasteiger partial charge in [0, 0.05) is 32.0 Å². The molecule has 0 aliphatic carbocycles. The van der Waals surface area contributed by atoms with Gasteiger partial charge in [-0.3, -0.25) is 4.98 Å². The van der Waals surface area contributed by atoms with E-state index < -0.39 is 0 Å². The maximum atomic E-state index is 5.57. The van der Waals surface area contributed by atoms with Crippen molar-refractivity contribution in [2.24, 2.45) is 5.73 Å². The zero-order chi connectivity index (χ0) is 9.84. The summed E-state index contributed by atoms with van der Waals surface area (Å²) in [5.74, 6) is 0.903. The molecule has 0 aliphatic heterocycles. The van der Waals surface area contributed by atoms with Crippen molar-refractivity contribution < 1.29 is 0 Å². The Hall–Kier alpha value is -1.16. The van der Waals surface area contributed by atoms with E-state index in [0.29, 0.717) is 6.54 Å². The Morgan fingerprint density at radius 3 is 2.62 bits per heavy atom. The quantitative estimate of drug-likeness (QED) is 0.738. The molecule has 1 unspecified atom stereocenters. The first kappa shape index (κ1) is 9.92. The van der Waals surface area contributed by atoms with Crippen molar-refractivity contribution in [2.75, 3.05) is 18.5 Å². The summed E-state index contributed by atoms with van der Waals surface area (Å²) < 4.78 is 0. The SMILES string of the molecule is Cc1nccnc1N(C)C(C)CN. The van der Waals surface area contributed by atoms with Gasteiger partial charge in [-0.2, -0.15) is 0 Å². The van der Waals surface area contributed by atoms with Crippen molar-refractivity contribution in [1.82, 2.24) is 9.97 Å². The number of hydrogen-bond donors (Lipinski definition) is 1. The number of rotatable bonds is 3. The van der Waals surface area contributed by atoms with Crippen LogP contribution in [0.1, 0.15) is 12.6 Å². The molecule has 1 aromatic rings. The second-order valence-corrected chi connectivity index (χ2v) is 3.16. The maximum absolute atomic E-state index is 5.57. The molecule has 1 aromatic heterocycles. The zero-order valence-electron chi connectivity index (χ0n) is 8.36. The first-order chi connectivity index (χ1) is 6.16. The topological polar surface area (TPSA) is 55.0 Å². The van der Waals surface area contributed by atoms with E-state index >= 15 is 0 Å². The minimum absolute atomic E-state index is 0.287. The van der Waals surface area contributed by atoms with Crippen LogP contribution in [0.4, 0.5) is 5.82 Å². The van der Waals surface area contributed by atoms with Crippen LogP contribution < -0.4 is 10.6 Å². The van der Waals surface area contributed by atoms with Crippen molar-refractivity contribution >= 4 is 5.82 Å². The molecule has 4 nitrogen and oxygen atoms in total. The molecule has 72 valence electrons. The largest absolute Gasteiger partial charge is 0.354 e. The Kier molecular flexibility index (Phi) is 3.19. The standard InChI is InChI=1S/C9H16N4/c1-7(6-10)13(3)9-8(2)11-4-5-12-9/h4-5,7H,6,10H2,1-3H3. The van der Waals surface area contributed by atoms with Gasteiger partial charge < -0.3 is 10.6 Å². The first-order valence-electron chi connectivity index (χ1n) is 4.37. The second-order valence-electron chi connectivity index (χ2n) is 3.16. The molecule has 0 saturated heterocycles. The monoisotopic (exact) mass is 180 g/mol. The predicted molar refractivity (Wildman–Crippen MR) is 53.7 cm³/mol. The third kappa shape index (κ3) is 2.15. The molecule has 1 rings (SSSR count). The summed E-state index contributed by atoms with van der Waals surface area (Å²) in [6.45, 7) is 4.63. The van der Waals surface area contributed by atoms with E-state index in [9.17, 15) is 0 Å². The highest BCUT2D eigenvalue weighted by atomic mass is 15.2. The summed E-state index contributed by atoms with van der Waals surface area (Å²) in [7, 11) is 1.98. The highest BCUT2D eigenvalue weighted by Crippen LogP contribution is 2.13. The van der Waals surface area contributed by atoms with E-state index in [1.807, 2.05) is 18.9 Å². The Morgan fingerprint density at radius 1 is 1.46 bits per heavy atom. The minimum Gasteiger partial charge on any atom is -0.354 e. The van der Waals surface area contributed by atoms with E-state index in [0.717, 1.165) is 11.5 Å². The first-order valence-corrected chi connectivity index (χ1v) is 4.37. The molecule has 0 amide bonds. The van der Waals surface area contributed by atoms with Crippen LogP contribution in [0.2, 0.25) is 0 Å². The zero-order valence-corrected chi connectivity index (χ0v) is 8.36. The van der Waals surface area contributed by atoms with Gasteiger partial charge in [0.2, 0.25) is 0 Å². The average molecular weight is 180 g/mol. The van der Waals surface area contributed by atoms with Crippen LogP contribution in [-0.2, 0) is 0 Å². The second kappa shape index (κ2) is 4.18. The van der Waals surface area contributed by atoms with Crippen molar-refractivity contribution in [1.29, 1.82) is 0 Å². The lowest BCUT2D eigenvalue weighted by Gasteiger charge is -2.25. The summed E-state index contributed by atoms with van der Waals surface area (Å²) in [5.41, 5.74) is 6.51. The number of aryl methyl sites for hydroxylation is 1.